The molecule has 3 rings (SSSR count). The second-order valence-corrected chi connectivity index (χ2v) is 7.65. The molecule has 0 saturated carbocycles. The van der Waals surface area contributed by atoms with Crippen molar-refractivity contribution in [2.75, 3.05) is 6.54 Å². The zero-order valence-corrected chi connectivity index (χ0v) is 18.8. The molecule has 0 amide bonds. The quantitative estimate of drug-likeness (QED) is 0.204. The molecular weight excluding hydrogens is 408 g/mol. The minimum absolute atomic E-state index is 0.360. The van der Waals surface area contributed by atoms with E-state index in [1.54, 1.807) is 16.7 Å². The molecule has 0 aliphatic rings. The standard InChI is InChI=1S/C24H24N4S2/c1-5-15-25-21(19-11-7-17(3)8-12-19)28-23(29)26-22(27(16-6-2)24(28)30)20-13-9-18(4)10-14-20/h5-14H,1-2,15-16H2,3-4H3. The molecule has 1 aromatic heterocycles. The molecular formula is C24H24N4S2. The first-order chi connectivity index (χ1) is 14.5. The maximum Gasteiger partial charge on any atom is 0.209 e. The summed E-state index contributed by atoms with van der Waals surface area (Å²) >= 11 is 11.6. The van der Waals surface area contributed by atoms with E-state index in [1.807, 2.05) is 60.0 Å². The summed E-state index contributed by atoms with van der Waals surface area (Å²) < 4.78 is 4.56. The number of aromatic nitrogens is 3. The maximum atomic E-state index is 5.88. The molecule has 0 unspecified atom stereocenters. The molecule has 0 saturated heterocycles. The first-order valence-electron chi connectivity index (χ1n) is 9.61. The van der Waals surface area contributed by atoms with Gasteiger partial charge in [0, 0.05) is 17.7 Å². The summed E-state index contributed by atoms with van der Waals surface area (Å²) in [4.78, 5) is 9.44. The highest BCUT2D eigenvalue weighted by atomic mass is 32.1. The van der Waals surface area contributed by atoms with Crippen LogP contribution in [0.5, 0.6) is 0 Å². The zero-order chi connectivity index (χ0) is 21.7. The molecule has 2 aromatic carbocycles. The van der Waals surface area contributed by atoms with Gasteiger partial charge in [0.05, 0.1) is 6.54 Å². The predicted molar refractivity (Wildman–Crippen MR) is 130 cm³/mol. The lowest BCUT2D eigenvalue weighted by molar-refractivity contribution is 0.717. The smallest absolute Gasteiger partial charge is 0.209 e. The van der Waals surface area contributed by atoms with Crippen LogP contribution in [0.25, 0.3) is 11.4 Å². The van der Waals surface area contributed by atoms with E-state index in [9.17, 15) is 0 Å². The van der Waals surface area contributed by atoms with Crippen molar-refractivity contribution < 1.29 is 0 Å². The van der Waals surface area contributed by atoms with Crippen LogP contribution in [0, 0.1) is 23.4 Å². The van der Waals surface area contributed by atoms with Crippen molar-refractivity contribution in [2.24, 2.45) is 4.99 Å². The Morgan fingerprint density at radius 1 is 0.967 bits per heavy atom. The van der Waals surface area contributed by atoms with E-state index >= 15 is 0 Å². The first kappa shape index (κ1) is 21.7. The number of allylic oxidation sites excluding steroid dienone is 1. The molecule has 0 bridgehead atoms. The molecule has 3 aromatic rings. The maximum absolute atomic E-state index is 5.88. The second kappa shape index (κ2) is 9.69. The van der Waals surface area contributed by atoms with Crippen molar-refractivity contribution in [1.82, 2.24) is 14.1 Å². The Morgan fingerprint density at radius 2 is 1.57 bits per heavy atom. The highest BCUT2D eigenvalue weighted by Gasteiger charge is 2.15. The molecule has 0 spiro atoms. The van der Waals surface area contributed by atoms with Gasteiger partial charge in [-0.05, 0) is 38.3 Å². The largest absolute Gasteiger partial charge is 0.298 e. The van der Waals surface area contributed by atoms with Gasteiger partial charge < -0.3 is 0 Å². The van der Waals surface area contributed by atoms with Crippen molar-refractivity contribution in [2.45, 2.75) is 20.4 Å². The molecule has 0 aliphatic carbocycles. The molecule has 0 N–H and O–H groups in total. The van der Waals surface area contributed by atoms with E-state index in [4.69, 9.17) is 34.4 Å². The number of nitrogens with zero attached hydrogens (tertiary/aromatic N) is 4. The van der Waals surface area contributed by atoms with Gasteiger partial charge in [0.2, 0.25) is 4.77 Å². The van der Waals surface area contributed by atoms with Gasteiger partial charge in [-0.1, -0.05) is 71.8 Å². The minimum atomic E-state index is 0.360. The summed E-state index contributed by atoms with van der Waals surface area (Å²) in [7, 11) is 0. The third-order valence-corrected chi connectivity index (χ3v) is 5.26. The Hall–Kier alpha value is -2.96. The Balaban J connectivity index is 2.29. The normalized spacial score (nSPS) is 11.3. The molecule has 0 aliphatic heterocycles. The number of benzene rings is 2. The summed E-state index contributed by atoms with van der Waals surface area (Å²) in [6.45, 7) is 12.7. The number of rotatable bonds is 6. The fraction of sp³-hybridized carbons (Fsp3) is 0.167. The SMILES string of the molecule is C=CCN=C(c1ccc(C)cc1)n1c(=S)nc(-c2ccc(C)cc2)n(CC=C)c1=S. The average molecular weight is 433 g/mol. The number of hydrogen-bond acceptors (Lipinski definition) is 4. The zero-order valence-electron chi connectivity index (χ0n) is 17.2. The summed E-state index contributed by atoms with van der Waals surface area (Å²) in [6, 6.07) is 16.3. The Kier molecular flexibility index (Phi) is 7.03. The van der Waals surface area contributed by atoms with Gasteiger partial charge in [0.25, 0.3) is 0 Å². The van der Waals surface area contributed by atoms with Crippen molar-refractivity contribution in [1.29, 1.82) is 0 Å². The Bertz CT molecular complexity index is 1210. The third kappa shape index (κ3) is 4.61. The lowest BCUT2D eigenvalue weighted by Crippen LogP contribution is -2.23. The summed E-state index contributed by atoms with van der Waals surface area (Å²) in [6.07, 6.45) is 3.54. The Labute approximate surface area is 187 Å². The van der Waals surface area contributed by atoms with Crippen molar-refractivity contribution in [3.8, 4) is 11.4 Å². The van der Waals surface area contributed by atoms with Crippen molar-refractivity contribution in [3.63, 3.8) is 0 Å². The third-order valence-electron chi connectivity index (χ3n) is 4.58. The number of aryl methyl sites for hydroxylation is 2. The number of hydrogen-bond donors (Lipinski definition) is 0. The van der Waals surface area contributed by atoms with E-state index < -0.39 is 0 Å². The summed E-state index contributed by atoms with van der Waals surface area (Å²) in [5.74, 6) is 1.37. The van der Waals surface area contributed by atoms with Gasteiger partial charge >= 0.3 is 0 Å². The van der Waals surface area contributed by atoms with Crippen LogP contribution in [0.1, 0.15) is 16.7 Å². The van der Waals surface area contributed by atoms with Gasteiger partial charge in [0.1, 0.15) is 11.7 Å². The van der Waals surface area contributed by atoms with Crippen LogP contribution in [-0.2, 0) is 6.54 Å². The van der Waals surface area contributed by atoms with Crippen LogP contribution in [-0.4, -0.2) is 26.5 Å². The number of aliphatic imine (C=N–C) groups is 1. The van der Waals surface area contributed by atoms with Gasteiger partial charge in [-0.2, -0.15) is 0 Å². The van der Waals surface area contributed by atoms with E-state index in [0.29, 0.717) is 34.3 Å². The highest BCUT2D eigenvalue weighted by molar-refractivity contribution is 7.72. The van der Waals surface area contributed by atoms with E-state index in [-0.39, 0.29) is 0 Å². The van der Waals surface area contributed by atoms with Crippen LogP contribution in [0.3, 0.4) is 0 Å². The molecule has 0 fully saturated rings. The van der Waals surface area contributed by atoms with Gasteiger partial charge in [-0.3, -0.25) is 9.56 Å². The van der Waals surface area contributed by atoms with Gasteiger partial charge in [-0.25, -0.2) is 9.55 Å². The van der Waals surface area contributed by atoms with Crippen LogP contribution in [0.4, 0.5) is 0 Å². The van der Waals surface area contributed by atoms with Crippen LogP contribution in [0.15, 0.2) is 78.8 Å². The fourth-order valence-electron chi connectivity index (χ4n) is 3.04. The molecule has 0 atom stereocenters. The van der Waals surface area contributed by atoms with Crippen LogP contribution < -0.4 is 0 Å². The first-order valence-corrected chi connectivity index (χ1v) is 10.4. The molecule has 0 radical (unpaired) electrons. The predicted octanol–water partition coefficient (Wildman–Crippen LogP) is 6.09. The van der Waals surface area contributed by atoms with Crippen molar-refractivity contribution >= 4 is 30.3 Å². The molecule has 6 heteroatoms. The lowest BCUT2D eigenvalue weighted by Gasteiger charge is -2.18. The Morgan fingerprint density at radius 3 is 2.13 bits per heavy atom. The summed E-state index contributed by atoms with van der Waals surface area (Å²) in [5.41, 5.74) is 4.21. The fourth-order valence-corrected chi connectivity index (χ4v) is 3.69. The van der Waals surface area contributed by atoms with Crippen LogP contribution >= 0.6 is 24.4 Å². The summed E-state index contributed by atoms with van der Waals surface area (Å²) in [5, 5.41) is 0. The van der Waals surface area contributed by atoms with E-state index in [0.717, 1.165) is 11.1 Å². The molecule has 152 valence electrons. The minimum Gasteiger partial charge on any atom is -0.298 e. The lowest BCUT2D eigenvalue weighted by atomic mass is 10.1. The van der Waals surface area contributed by atoms with E-state index in [2.05, 4.69) is 20.1 Å². The highest BCUT2D eigenvalue weighted by Crippen LogP contribution is 2.20. The van der Waals surface area contributed by atoms with Gasteiger partial charge in [-0.15, -0.1) is 13.2 Å². The molecule has 4 nitrogen and oxygen atoms in total. The average Bonchev–Trinajstić information content (AvgIpc) is 2.74. The van der Waals surface area contributed by atoms with Crippen LogP contribution in [0.2, 0.25) is 0 Å². The molecule has 1 heterocycles. The second-order valence-electron chi connectivity index (χ2n) is 6.92. The van der Waals surface area contributed by atoms with E-state index in [1.165, 1.54) is 11.1 Å². The van der Waals surface area contributed by atoms with Gasteiger partial charge in [0.15, 0.2) is 4.77 Å². The topological polar surface area (TPSA) is 35.1 Å². The monoisotopic (exact) mass is 432 g/mol. The van der Waals surface area contributed by atoms with Crippen molar-refractivity contribution in [3.05, 3.63) is 100 Å². The molecule has 30 heavy (non-hydrogen) atoms.